The van der Waals surface area contributed by atoms with Crippen molar-refractivity contribution in [1.29, 1.82) is 0 Å². The molecule has 0 aliphatic carbocycles. The van der Waals surface area contributed by atoms with Crippen molar-refractivity contribution < 1.29 is 29.3 Å². The summed E-state index contributed by atoms with van der Waals surface area (Å²) in [6.45, 7) is 4.49. The number of carboxylic acid groups (broad SMARTS) is 1. The largest absolute Gasteiger partial charge is 0.512 e. The van der Waals surface area contributed by atoms with Crippen LogP contribution in [0.1, 0.15) is 25.8 Å². The van der Waals surface area contributed by atoms with Crippen LogP contribution in [0.4, 0.5) is 4.79 Å². The Labute approximate surface area is 217 Å². The maximum Gasteiger partial charge on any atom is 0.512 e. The molecule has 0 saturated carbocycles. The van der Waals surface area contributed by atoms with E-state index >= 15 is 0 Å². The fourth-order valence-corrected chi connectivity index (χ4v) is 7.03. The van der Waals surface area contributed by atoms with Gasteiger partial charge < -0.3 is 20.3 Å². The van der Waals surface area contributed by atoms with Crippen LogP contribution in [0.5, 0.6) is 0 Å². The molecule has 3 aliphatic heterocycles. The number of hydrogen-bond donors (Lipinski definition) is 3. The third kappa shape index (κ3) is 4.86. The van der Waals surface area contributed by atoms with Gasteiger partial charge in [-0.15, -0.1) is 11.8 Å². The molecule has 0 radical (unpaired) electrons. The second-order valence-corrected chi connectivity index (χ2v) is 11.2. The van der Waals surface area contributed by atoms with Gasteiger partial charge in [0.15, 0.2) is 0 Å². The molecule has 3 N–H and O–H groups in total. The predicted molar refractivity (Wildman–Crippen MR) is 132 cm³/mol. The average molecular weight is 544 g/mol. The Morgan fingerprint density at radius 3 is 2.63 bits per heavy atom. The molecule has 0 spiro atoms. The number of β-lactam (4-membered cyclic amide) rings is 1. The standard InChI is InChI=1S/C23H27Cl2N3O6S/c1-10-18-17(11(2)29)21(31)28(18)22(34-23(32)33)19(10)35-13-7-16(20(30)26-3)27(9-13)8-12-4-5-14(24)15(25)6-12/h4-6,10-11,13,16-18,29H,7-9H2,1-3H3,(H,26,30)(H,32,33)/t10-,11-,13+,16+,17-,18?/m1/s1. The third-order valence-corrected chi connectivity index (χ3v) is 9.04. The number of likely N-dealkylation sites (N-methyl/N-ethyl adjacent to an activating group) is 1. The first kappa shape index (κ1) is 26.1. The Morgan fingerprint density at radius 1 is 1.31 bits per heavy atom. The van der Waals surface area contributed by atoms with Crippen molar-refractivity contribution in [2.75, 3.05) is 13.6 Å². The molecule has 0 bridgehead atoms. The Kier molecular flexibility index (Phi) is 7.59. The van der Waals surface area contributed by atoms with Crippen molar-refractivity contribution in [2.24, 2.45) is 11.8 Å². The van der Waals surface area contributed by atoms with Crippen LogP contribution in [0.3, 0.4) is 0 Å². The van der Waals surface area contributed by atoms with E-state index < -0.39 is 24.2 Å². The molecule has 6 atom stereocenters. The van der Waals surface area contributed by atoms with Crippen LogP contribution in [0.15, 0.2) is 29.0 Å². The lowest BCUT2D eigenvalue weighted by Crippen LogP contribution is -2.63. The number of amides is 2. The highest BCUT2D eigenvalue weighted by atomic mass is 35.5. The van der Waals surface area contributed by atoms with E-state index in [9.17, 15) is 24.6 Å². The normalized spacial score (nSPS) is 29.1. The Balaban J connectivity index is 1.56. The van der Waals surface area contributed by atoms with E-state index in [2.05, 4.69) is 5.32 Å². The molecule has 3 heterocycles. The van der Waals surface area contributed by atoms with E-state index in [4.69, 9.17) is 27.9 Å². The smallest absolute Gasteiger partial charge is 0.449 e. The number of hydrogen-bond acceptors (Lipinski definition) is 7. The SMILES string of the molecule is CNC(=O)[C@@H]1C[C@H](SC2=C(OC(=O)O)N3C(=O)[C@H]([C@@H](C)O)C3[C@H]2C)CN1Cc1ccc(Cl)c(Cl)c1. The van der Waals surface area contributed by atoms with Crippen molar-refractivity contribution >= 4 is 52.9 Å². The number of nitrogens with zero attached hydrogens (tertiary/aromatic N) is 2. The molecule has 4 rings (SSSR count). The van der Waals surface area contributed by atoms with Gasteiger partial charge in [0, 0.05) is 31.3 Å². The number of ether oxygens (including phenoxy) is 1. The summed E-state index contributed by atoms with van der Waals surface area (Å²) in [6.07, 6.45) is -1.83. The molecular weight excluding hydrogens is 517 g/mol. The molecule has 3 aliphatic rings. The maximum absolute atomic E-state index is 12.7. The van der Waals surface area contributed by atoms with Gasteiger partial charge in [-0.05, 0) is 31.0 Å². The number of likely N-dealkylation sites (tertiary alicyclic amines) is 1. The van der Waals surface area contributed by atoms with Gasteiger partial charge in [-0.1, -0.05) is 36.2 Å². The zero-order valence-electron chi connectivity index (χ0n) is 19.4. The molecule has 190 valence electrons. The number of fused-ring (bicyclic) bond motifs is 1. The van der Waals surface area contributed by atoms with E-state index in [-0.39, 0.29) is 34.9 Å². The molecule has 35 heavy (non-hydrogen) atoms. The van der Waals surface area contributed by atoms with Crippen LogP contribution in [-0.4, -0.2) is 75.0 Å². The van der Waals surface area contributed by atoms with Crippen LogP contribution >= 0.6 is 35.0 Å². The number of aliphatic hydroxyl groups excluding tert-OH is 1. The first-order valence-corrected chi connectivity index (χ1v) is 12.9. The molecule has 1 aromatic carbocycles. The van der Waals surface area contributed by atoms with E-state index in [1.165, 1.54) is 16.7 Å². The minimum Gasteiger partial charge on any atom is -0.449 e. The number of nitrogens with one attached hydrogen (secondary N) is 1. The summed E-state index contributed by atoms with van der Waals surface area (Å²) in [4.78, 5) is 40.8. The molecular formula is C23H27Cl2N3O6S. The van der Waals surface area contributed by atoms with Crippen LogP contribution < -0.4 is 5.32 Å². The van der Waals surface area contributed by atoms with Gasteiger partial charge in [0.2, 0.25) is 17.7 Å². The molecule has 2 amide bonds. The van der Waals surface area contributed by atoms with Gasteiger partial charge in [0.05, 0.1) is 39.1 Å². The van der Waals surface area contributed by atoms with Crippen LogP contribution in [0.25, 0.3) is 0 Å². The van der Waals surface area contributed by atoms with E-state index in [1.54, 1.807) is 26.1 Å². The van der Waals surface area contributed by atoms with Gasteiger partial charge in [-0.25, -0.2) is 4.79 Å². The number of halogens is 2. The maximum atomic E-state index is 12.7. The second-order valence-electron chi connectivity index (χ2n) is 9.07. The number of thioether (sulfide) groups is 1. The highest BCUT2D eigenvalue weighted by molar-refractivity contribution is 8.03. The van der Waals surface area contributed by atoms with Gasteiger partial charge in [-0.3, -0.25) is 19.4 Å². The van der Waals surface area contributed by atoms with Crippen LogP contribution in [0.2, 0.25) is 10.0 Å². The van der Waals surface area contributed by atoms with Crippen molar-refractivity contribution in [2.45, 2.75) is 50.3 Å². The number of carbonyl (C=O) groups excluding carboxylic acids is 2. The summed E-state index contributed by atoms with van der Waals surface area (Å²) in [5.41, 5.74) is 0.914. The quantitative estimate of drug-likeness (QED) is 0.354. The minimum atomic E-state index is -1.50. The first-order valence-electron chi connectivity index (χ1n) is 11.3. The monoisotopic (exact) mass is 543 g/mol. The minimum absolute atomic E-state index is 0.0151. The fourth-order valence-electron chi connectivity index (χ4n) is 5.22. The lowest BCUT2D eigenvalue weighted by Gasteiger charge is -2.45. The van der Waals surface area contributed by atoms with Gasteiger partial charge >= 0.3 is 6.16 Å². The summed E-state index contributed by atoms with van der Waals surface area (Å²) >= 11 is 13.6. The van der Waals surface area contributed by atoms with Crippen molar-refractivity contribution in [3.05, 3.63) is 44.6 Å². The zero-order chi connectivity index (χ0) is 25.6. The van der Waals surface area contributed by atoms with E-state index in [1.807, 2.05) is 17.9 Å². The lowest BCUT2D eigenvalue weighted by molar-refractivity contribution is -0.163. The van der Waals surface area contributed by atoms with Gasteiger partial charge in [0.25, 0.3) is 0 Å². The van der Waals surface area contributed by atoms with Crippen molar-refractivity contribution in [3.8, 4) is 0 Å². The molecule has 2 fully saturated rings. The molecule has 12 heteroatoms. The Morgan fingerprint density at radius 2 is 2.03 bits per heavy atom. The number of carbonyl (C=O) groups is 3. The number of rotatable bonds is 7. The summed E-state index contributed by atoms with van der Waals surface area (Å²) in [6, 6.07) is 4.61. The Hall–Kier alpha value is -1.98. The van der Waals surface area contributed by atoms with Crippen molar-refractivity contribution in [3.63, 3.8) is 0 Å². The molecule has 2 saturated heterocycles. The van der Waals surface area contributed by atoms with Crippen molar-refractivity contribution in [1.82, 2.24) is 15.1 Å². The third-order valence-electron chi connectivity index (χ3n) is 6.83. The lowest BCUT2D eigenvalue weighted by atomic mass is 9.79. The highest BCUT2D eigenvalue weighted by Crippen LogP contribution is 2.52. The second kappa shape index (κ2) is 10.2. The molecule has 0 aromatic heterocycles. The number of aliphatic hydroxyl groups is 1. The van der Waals surface area contributed by atoms with Gasteiger partial charge in [0.1, 0.15) is 0 Å². The van der Waals surface area contributed by atoms with Crippen LogP contribution in [0, 0.1) is 11.8 Å². The topological polar surface area (TPSA) is 119 Å². The van der Waals surface area contributed by atoms with Crippen LogP contribution in [-0.2, 0) is 20.9 Å². The zero-order valence-corrected chi connectivity index (χ0v) is 21.7. The molecule has 1 unspecified atom stereocenters. The number of benzene rings is 1. The average Bonchev–Trinajstić information content (AvgIpc) is 3.27. The molecule has 9 nitrogen and oxygen atoms in total. The van der Waals surface area contributed by atoms with Gasteiger partial charge in [-0.2, -0.15) is 0 Å². The summed E-state index contributed by atoms with van der Waals surface area (Å²) < 4.78 is 5.06. The predicted octanol–water partition coefficient (Wildman–Crippen LogP) is 3.14. The van der Waals surface area contributed by atoms with E-state index in [0.29, 0.717) is 34.5 Å². The highest BCUT2D eigenvalue weighted by Gasteiger charge is 2.60. The molecule has 1 aromatic rings. The summed E-state index contributed by atoms with van der Waals surface area (Å²) in [7, 11) is 1.59. The fraction of sp³-hybridized carbons (Fsp3) is 0.522. The summed E-state index contributed by atoms with van der Waals surface area (Å²) in [5, 5.41) is 22.9. The summed E-state index contributed by atoms with van der Waals surface area (Å²) in [5.74, 6) is -1.27. The van der Waals surface area contributed by atoms with E-state index in [0.717, 1.165) is 5.56 Å². The Bertz CT molecular complexity index is 1080. The first-order chi connectivity index (χ1) is 16.5.